The normalized spacial score (nSPS) is 16.7. The van der Waals surface area contributed by atoms with Crippen molar-refractivity contribution in [3.63, 3.8) is 0 Å². The van der Waals surface area contributed by atoms with Crippen molar-refractivity contribution in [3.8, 4) is 5.75 Å². The average molecular weight is 352 g/mol. The molecule has 0 radical (unpaired) electrons. The van der Waals surface area contributed by atoms with Gasteiger partial charge in [-0.2, -0.15) is 0 Å². The van der Waals surface area contributed by atoms with Gasteiger partial charge in [-0.25, -0.2) is 0 Å². The van der Waals surface area contributed by atoms with Gasteiger partial charge in [0.1, 0.15) is 5.75 Å². The SMILES string of the molecule is COc1cccc(CNC(=O)C2CC(=O)N(c3cccc(C)c3C)C2)c1. The van der Waals surface area contributed by atoms with Crippen molar-refractivity contribution in [1.82, 2.24) is 5.32 Å². The fourth-order valence-corrected chi connectivity index (χ4v) is 3.26. The number of benzene rings is 2. The van der Waals surface area contributed by atoms with E-state index in [0.29, 0.717) is 13.1 Å². The topological polar surface area (TPSA) is 58.6 Å². The lowest BCUT2D eigenvalue weighted by Crippen LogP contribution is -2.32. The van der Waals surface area contributed by atoms with E-state index in [1.807, 2.05) is 56.3 Å². The lowest BCUT2D eigenvalue weighted by Gasteiger charge is -2.20. The standard InChI is InChI=1S/C21H24N2O3/c1-14-6-4-9-19(15(14)2)23-13-17(11-20(23)24)21(25)22-12-16-7-5-8-18(10-16)26-3/h4-10,17H,11-13H2,1-3H3,(H,22,25). The molecule has 2 aromatic rings. The number of hydrogen-bond donors (Lipinski definition) is 1. The maximum absolute atomic E-state index is 12.5. The zero-order valence-electron chi connectivity index (χ0n) is 15.4. The van der Waals surface area contributed by atoms with Gasteiger partial charge in [0, 0.05) is 25.2 Å². The molecule has 3 rings (SSSR count). The number of ether oxygens (including phenoxy) is 1. The molecule has 5 heteroatoms. The summed E-state index contributed by atoms with van der Waals surface area (Å²) in [6, 6.07) is 13.5. The number of anilines is 1. The summed E-state index contributed by atoms with van der Waals surface area (Å²) in [6.45, 7) is 4.88. The number of rotatable bonds is 5. The Morgan fingerprint density at radius 2 is 2.00 bits per heavy atom. The Kier molecular flexibility index (Phi) is 5.26. The second kappa shape index (κ2) is 7.60. The van der Waals surface area contributed by atoms with Gasteiger partial charge in [-0.3, -0.25) is 9.59 Å². The number of aryl methyl sites for hydroxylation is 1. The van der Waals surface area contributed by atoms with Gasteiger partial charge in [0.2, 0.25) is 11.8 Å². The van der Waals surface area contributed by atoms with Gasteiger partial charge in [-0.1, -0.05) is 24.3 Å². The molecule has 1 saturated heterocycles. The molecule has 0 aliphatic carbocycles. The number of nitrogens with zero attached hydrogens (tertiary/aromatic N) is 1. The van der Waals surface area contributed by atoms with Crippen LogP contribution in [0.5, 0.6) is 5.75 Å². The molecule has 1 aliphatic rings. The Morgan fingerprint density at radius 3 is 2.77 bits per heavy atom. The predicted molar refractivity (Wildman–Crippen MR) is 101 cm³/mol. The zero-order valence-corrected chi connectivity index (χ0v) is 15.4. The average Bonchev–Trinajstić information content (AvgIpc) is 3.04. The highest BCUT2D eigenvalue weighted by molar-refractivity contribution is 6.00. The van der Waals surface area contributed by atoms with Crippen LogP contribution in [-0.2, 0) is 16.1 Å². The van der Waals surface area contributed by atoms with Crippen LogP contribution in [0, 0.1) is 19.8 Å². The van der Waals surface area contributed by atoms with Crippen LogP contribution in [0.4, 0.5) is 5.69 Å². The molecule has 1 heterocycles. The monoisotopic (exact) mass is 352 g/mol. The van der Waals surface area contributed by atoms with Crippen LogP contribution in [0.25, 0.3) is 0 Å². The van der Waals surface area contributed by atoms with Crippen LogP contribution in [0.2, 0.25) is 0 Å². The second-order valence-electron chi connectivity index (χ2n) is 6.69. The molecule has 0 bridgehead atoms. The zero-order chi connectivity index (χ0) is 18.7. The van der Waals surface area contributed by atoms with Crippen molar-refractivity contribution in [3.05, 3.63) is 59.2 Å². The number of methoxy groups -OCH3 is 1. The summed E-state index contributed by atoms with van der Waals surface area (Å²) in [4.78, 5) is 26.7. The van der Waals surface area contributed by atoms with Crippen molar-refractivity contribution >= 4 is 17.5 Å². The van der Waals surface area contributed by atoms with E-state index in [4.69, 9.17) is 4.74 Å². The van der Waals surface area contributed by atoms with Crippen molar-refractivity contribution in [2.24, 2.45) is 5.92 Å². The summed E-state index contributed by atoms with van der Waals surface area (Å²) in [5, 5.41) is 2.94. The number of carbonyl (C=O) groups is 2. The Labute approximate surface area is 154 Å². The van der Waals surface area contributed by atoms with Crippen LogP contribution in [0.15, 0.2) is 42.5 Å². The summed E-state index contributed by atoms with van der Waals surface area (Å²) < 4.78 is 5.20. The predicted octanol–water partition coefficient (Wildman–Crippen LogP) is 2.98. The lowest BCUT2D eigenvalue weighted by atomic mass is 10.1. The van der Waals surface area contributed by atoms with Gasteiger partial charge < -0.3 is 15.0 Å². The Hall–Kier alpha value is -2.82. The lowest BCUT2D eigenvalue weighted by molar-refractivity contribution is -0.126. The molecule has 2 aromatic carbocycles. The second-order valence-corrected chi connectivity index (χ2v) is 6.69. The van der Waals surface area contributed by atoms with Crippen LogP contribution in [0.1, 0.15) is 23.1 Å². The van der Waals surface area contributed by atoms with E-state index >= 15 is 0 Å². The number of hydrogen-bond acceptors (Lipinski definition) is 3. The van der Waals surface area contributed by atoms with Crippen LogP contribution < -0.4 is 15.0 Å². The molecule has 1 unspecified atom stereocenters. The first-order valence-electron chi connectivity index (χ1n) is 8.77. The van der Waals surface area contributed by atoms with E-state index in [1.54, 1.807) is 12.0 Å². The van der Waals surface area contributed by atoms with Gasteiger partial charge in [0.05, 0.1) is 13.0 Å². The molecular formula is C21H24N2O3. The molecule has 2 amide bonds. The highest BCUT2D eigenvalue weighted by Gasteiger charge is 2.35. The largest absolute Gasteiger partial charge is 0.497 e. The maximum Gasteiger partial charge on any atom is 0.227 e. The third-order valence-electron chi connectivity index (χ3n) is 4.96. The van der Waals surface area contributed by atoms with E-state index in [9.17, 15) is 9.59 Å². The van der Waals surface area contributed by atoms with E-state index in [-0.39, 0.29) is 24.2 Å². The van der Waals surface area contributed by atoms with Gasteiger partial charge >= 0.3 is 0 Å². The molecule has 136 valence electrons. The van der Waals surface area contributed by atoms with E-state index in [2.05, 4.69) is 5.32 Å². The summed E-state index contributed by atoms with van der Waals surface area (Å²) in [5.74, 6) is 0.344. The van der Waals surface area contributed by atoms with E-state index in [1.165, 1.54) is 0 Å². The molecule has 1 N–H and O–H groups in total. The minimum atomic E-state index is -0.326. The molecule has 5 nitrogen and oxygen atoms in total. The fraction of sp³-hybridized carbons (Fsp3) is 0.333. The fourth-order valence-electron chi connectivity index (χ4n) is 3.26. The number of amides is 2. The highest BCUT2D eigenvalue weighted by Crippen LogP contribution is 2.29. The summed E-state index contributed by atoms with van der Waals surface area (Å²) in [5.41, 5.74) is 4.09. The Bertz CT molecular complexity index is 832. The molecule has 0 aromatic heterocycles. The van der Waals surface area contributed by atoms with Crippen molar-refractivity contribution in [2.75, 3.05) is 18.6 Å². The first-order valence-corrected chi connectivity index (χ1v) is 8.77. The number of carbonyl (C=O) groups excluding carboxylic acids is 2. The third kappa shape index (κ3) is 3.72. The third-order valence-corrected chi connectivity index (χ3v) is 4.96. The van der Waals surface area contributed by atoms with E-state index < -0.39 is 0 Å². The van der Waals surface area contributed by atoms with Crippen LogP contribution in [-0.4, -0.2) is 25.5 Å². The quantitative estimate of drug-likeness (QED) is 0.900. The van der Waals surface area contributed by atoms with Gasteiger partial charge in [-0.05, 0) is 48.7 Å². The minimum absolute atomic E-state index is 0.000213. The molecule has 0 saturated carbocycles. The molecule has 1 atom stereocenters. The first-order chi connectivity index (χ1) is 12.5. The van der Waals surface area contributed by atoms with Gasteiger partial charge in [0.15, 0.2) is 0 Å². The van der Waals surface area contributed by atoms with Crippen LogP contribution in [0.3, 0.4) is 0 Å². The van der Waals surface area contributed by atoms with Gasteiger partial charge in [-0.15, -0.1) is 0 Å². The summed E-state index contributed by atoms with van der Waals surface area (Å²) in [6.07, 6.45) is 0.247. The molecule has 0 spiro atoms. The van der Waals surface area contributed by atoms with Crippen LogP contribution >= 0.6 is 0 Å². The molecular weight excluding hydrogens is 328 g/mol. The summed E-state index contributed by atoms with van der Waals surface area (Å²) in [7, 11) is 1.61. The minimum Gasteiger partial charge on any atom is -0.497 e. The molecule has 1 aliphatic heterocycles. The van der Waals surface area contributed by atoms with Crippen molar-refractivity contribution < 1.29 is 14.3 Å². The van der Waals surface area contributed by atoms with Crippen molar-refractivity contribution in [1.29, 1.82) is 0 Å². The van der Waals surface area contributed by atoms with Gasteiger partial charge in [0.25, 0.3) is 0 Å². The summed E-state index contributed by atoms with van der Waals surface area (Å²) >= 11 is 0. The molecule has 26 heavy (non-hydrogen) atoms. The van der Waals surface area contributed by atoms with Crippen molar-refractivity contribution in [2.45, 2.75) is 26.8 Å². The highest BCUT2D eigenvalue weighted by atomic mass is 16.5. The Balaban J connectivity index is 1.64. The first kappa shape index (κ1) is 18.0. The molecule has 1 fully saturated rings. The number of nitrogens with one attached hydrogen (secondary N) is 1. The Morgan fingerprint density at radius 1 is 1.23 bits per heavy atom. The van der Waals surface area contributed by atoms with E-state index in [0.717, 1.165) is 28.1 Å². The maximum atomic E-state index is 12.5. The smallest absolute Gasteiger partial charge is 0.227 e.